The van der Waals surface area contributed by atoms with Crippen molar-refractivity contribution >= 4 is 34.3 Å². The number of benzene rings is 2. The summed E-state index contributed by atoms with van der Waals surface area (Å²) < 4.78 is 20.5. The van der Waals surface area contributed by atoms with E-state index in [1.165, 1.54) is 18.3 Å². The number of halogens is 1. The number of anilines is 2. The van der Waals surface area contributed by atoms with Gasteiger partial charge >= 0.3 is 5.97 Å². The van der Waals surface area contributed by atoms with Crippen molar-refractivity contribution in [2.45, 2.75) is 26.9 Å². The zero-order valence-corrected chi connectivity index (χ0v) is 22.4. The van der Waals surface area contributed by atoms with Gasteiger partial charge in [-0.05, 0) is 69.3 Å². The molecule has 0 saturated carbocycles. The maximum Gasteiger partial charge on any atom is 0.339 e. The zero-order chi connectivity index (χ0) is 28.1. The number of pyridine rings is 1. The van der Waals surface area contributed by atoms with Crippen LogP contribution in [0.4, 0.5) is 15.8 Å². The zero-order valence-electron chi connectivity index (χ0n) is 22.4. The first-order chi connectivity index (χ1) is 18.7. The van der Waals surface area contributed by atoms with Gasteiger partial charge in [0.1, 0.15) is 11.5 Å². The number of likely N-dealkylation sites (N-methyl/N-ethyl adjacent to an activating group) is 1. The number of aryl methyl sites for hydroxylation is 1. The van der Waals surface area contributed by atoms with Gasteiger partial charge in [-0.2, -0.15) is 0 Å². The fourth-order valence-corrected chi connectivity index (χ4v) is 4.21. The van der Waals surface area contributed by atoms with Crippen LogP contribution in [0.1, 0.15) is 29.8 Å². The minimum atomic E-state index is -0.487. The molecular formula is C30H32FN5O3. The third-order valence-corrected chi connectivity index (χ3v) is 6.15. The lowest BCUT2D eigenvalue weighted by Crippen LogP contribution is -2.18. The summed E-state index contributed by atoms with van der Waals surface area (Å²) in [6.07, 6.45) is 2.37. The maximum absolute atomic E-state index is 15.1. The van der Waals surface area contributed by atoms with Crippen molar-refractivity contribution in [3.63, 3.8) is 0 Å². The quantitative estimate of drug-likeness (QED) is 0.120. The molecular weight excluding hydrogens is 497 g/mol. The fraction of sp³-hybridized carbons (Fsp3) is 0.233. The summed E-state index contributed by atoms with van der Waals surface area (Å²) in [5.41, 5.74) is 5.36. The molecule has 0 bridgehead atoms. The third-order valence-electron chi connectivity index (χ3n) is 6.15. The van der Waals surface area contributed by atoms with Crippen molar-refractivity contribution in [2.24, 2.45) is 0 Å². The molecule has 4 N–H and O–H groups in total. The lowest BCUT2D eigenvalue weighted by molar-refractivity contribution is -0.111. The van der Waals surface area contributed by atoms with Crippen LogP contribution in [0, 0.1) is 12.7 Å². The van der Waals surface area contributed by atoms with Gasteiger partial charge in [0, 0.05) is 41.5 Å². The summed E-state index contributed by atoms with van der Waals surface area (Å²) in [5, 5.41) is 9.59. The summed E-state index contributed by atoms with van der Waals surface area (Å²) in [4.78, 5) is 32.5. The number of esters is 1. The van der Waals surface area contributed by atoms with E-state index in [1.54, 1.807) is 26.0 Å². The molecule has 8 nitrogen and oxygen atoms in total. The monoisotopic (exact) mass is 529 g/mol. The number of fused-ring (bicyclic) bond motifs is 1. The van der Waals surface area contributed by atoms with Gasteiger partial charge in [0.15, 0.2) is 0 Å². The number of ether oxygens (including phenoxy) is 1. The molecule has 4 aromatic rings. The van der Waals surface area contributed by atoms with E-state index in [2.05, 4.69) is 32.5 Å². The second kappa shape index (κ2) is 11.9. The molecule has 2 heterocycles. The predicted molar refractivity (Wildman–Crippen MR) is 153 cm³/mol. The van der Waals surface area contributed by atoms with E-state index in [-0.39, 0.29) is 12.0 Å². The smallest absolute Gasteiger partial charge is 0.339 e. The largest absolute Gasteiger partial charge is 0.459 e. The van der Waals surface area contributed by atoms with E-state index in [0.717, 1.165) is 11.1 Å². The van der Waals surface area contributed by atoms with Gasteiger partial charge in [0.25, 0.3) is 0 Å². The number of rotatable bonds is 10. The molecule has 0 spiro atoms. The molecule has 0 fully saturated rings. The first-order valence-electron chi connectivity index (χ1n) is 12.7. The van der Waals surface area contributed by atoms with Gasteiger partial charge in [-0.1, -0.05) is 24.8 Å². The van der Waals surface area contributed by atoms with Crippen LogP contribution in [0.15, 0.2) is 61.3 Å². The average Bonchev–Trinajstić information content (AvgIpc) is 3.29. The Morgan fingerprint density at radius 3 is 2.56 bits per heavy atom. The molecule has 4 rings (SSSR count). The van der Waals surface area contributed by atoms with E-state index in [4.69, 9.17) is 4.74 Å². The van der Waals surface area contributed by atoms with E-state index >= 15 is 4.39 Å². The summed E-state index contributed by atoms with van der Waals surface area (Å²) in [7, 11) is 1.83. The number of aromatic amines is 1. The van der Waals surface area contributed by atoms with Crippen molar-refractivity contribution in [1.29, 1.82) is 0 Å². The molecule has 0 atom stereocenters. The number of hydrogen-bond donors (Lipinski definition) is 4. The molecule has 202 valence electrons. The van der Waals surface area contributed by atoms with Gasteiger partial charge in [-0.3, -0.25) is 4.79 Å². The fourth-order valence-electron chi connectivity index (χ4n) is 4.21. The number of amides is 1. The molecule has 0 aliphatic carbocycles. The van der Waals surface area contributed by atoms with Crippen LogP contribution in [0.3, 0.4) is 0 Å². The van der Waals surface area contributed by atoms with Crippen molar-refractivity contribution in [3.05, 3.63) is 78.3 Å². The van der Waals surface area contributed by atoms with Gasteiger partial charge in [-0.15, -0.1) is 0 Å². The Bertz CT molecular complexity index is 1540. The van der Waals surface area contributed by atoms with Crippen molar-refractivity contribution in [1.82, 2.24) is 15.3 Å². The molecule has 0 unspecified atom stereocenters. The van der Waals surface area contributed by atoms with Crippen LogP contribution in [-0.4, -0.2) is 48.1 Å². The maximum atomic E-state index is 15.1. The van der Waals surface area contributed by atoms with Gasteiger partial charge in [-0.25, -0.2) is 14.2 Å². The standard InChI is InChI=1S/C30H32FN5O3/c1-6-26(37)35-25-15-19(8-7-18(25)4)27-22-13-21(30(38)39-17(2)3)16-34-29(22)36-28(27)20-9-10-24(23(31)14-20)33-12-11-32-5/h6-10,13-17,32-33H,1,11-12H2,2-5H3,(H,34,36)(H,35,37). The summed E-state index contributed by atoms with van der Waals surface area (Å²) in [6.45, 7) is 10.2. The molecule has 9 heteroatoms. The Hall–Kier alpha value is -4.50. The van der Waals surface area contributed by atoms with Gasteiger partial charge in [0.05, 0.1) is 23.0 Å². The highest BCUT2D eigenvalue weighted by Gasteiger charge is 2.20. The lowest BCUT2D eigenvalue weighted by atomic mass is 9.96. The number of nitrogens with one attached hydrogen (secondary N) is 4. The van der Waals surface area contributed by atoms with Crippen LogP contribution in [0.5, 0.6) is 0 Å². The Morgan fingerprint density at radius 1 is 1.10 bits per heavy atom. The highest BCUT2D eigenvalue weighted by atomic mass is 19.1. The molecule has 1 amide bonds. The Balaban J connectivity index is 1.89. The molecule has 0 saturated heterocycles. The Labute approximate surface area is 226 Å². The van der Waals surface area contributed by atoms with E-state index < -0.39 is 11.8 Å². The van der Waals surface area contributed by atoms with Crippen molar-refractivity contribution in [3.8, 4) is 22.4 Å². The molecule has 0 aliphatic heterocycles. The van der Waals surface area contributed by atoms with E-state index in [9.17, 15) is 9.59 Å². The second-order valence-electron chi connectivity index (χ2n) is 9.40. The van der Waals surface area contributed by atoms with Gasteiger partial charge < -0.3 is 25.7 Å². The number of carbonyl (C=O) groups excluding carboxylic acids is 2. The highest BCUT2D eigenvalue weighted by Crippen LogP contribution is 2.40. The second-order valence-corrected chi connectivity index (χ2v) is 9.40. The van der Waals surface area contributed by atoms with Crippen LogP contribution < -0.4 is 16.0 Å². The lowest BCUT2D eigenvalue weighted by Gasteiger charge is -2.12. The van der Waals surface area contributed by atoms with Crippen LogP contribution in [-0.2, 0) is 9.53 Å². The first-order valence-corrected chi connectivity index (χ1v) is 12.7. The Kier molecular flexibility index (Phi) is 8.41. The highest BCUT2D eigenvalue weighted by molar-refractivity contribution is 6.06. The molecule has 0 aliphatic rings. The van der Waals surface area contributed by atoms with Crippen LogP contribution in [0.2, 0.25) is 0 Å². The number of carbonyl (C=O) groups is 2. The van der Waals surface area contributed by atoms with E-state index in [0.29, 0.717) is 57.9 Å². The average molecular weight is 530 g/mol. The van der Waals surface area contributed by atoms with E-state index in [1.807, 2.05) is 38.2 Å². The molecule has 0 radical (unpaired) electrons. The minimum absolute atomic E-state index is 0.286. The normalized spacial score (nSPS) is 11.0. The summed E-state index contributed by atoms with van der Waals surface area (Å²) in [5.74, 6) is -1.22. The van der Waals surface area contributed by atoms with Crippen molar-refractivity contribution < 1.29 is 18.7 Å². The third kappa shape index (κ3) is 6.15. The number of H-pyrrole nitrogens is 1. The Morgan fingerprint density at radius 2 is 1.87 bits per heavy atom. The van der Waals surface area contributed by atoms with Crippen LogP contribution in [0.25, 0.3) is 33.4 Å². The van der Waals surface area contributed by atoms with Crippen LogP contribution >= 0.6 is 0 Å². The number of hydrogen-bond acceptors (Lipinski definition) is 6. The summed E-state index contributed by atoms with van der Waals surface area (Å²) >= 11 is 0. The molecule has 39 heavy (non-hydrogen) atoms. The van der Waals surface area contributed by atoms with Gasteiger partial charge in [0.2, 0.25) is 5.91 Å². The predicted octanol–water partition coefficient (Wildman–Crippen LogP) is 5.67. The summed E-state index contributed by atoms with van der Waals surface area (Å²) in [6, 6.07) is 12.3. The number of aromatic nitrogens is 2. The molecule has 2 aromatic heterocycles. The number of nitrogens with zero attached hydrogens (tertiary/aromatic N) is 1. The SMILES string of the molecule is C=CC(=O)Nc1cc(-c2c(-c3ccc(NCCNC)c(F)c3)[nH]c3ncc(C(=O)OC(C)C)cc23)ccc1C. The first kappa shape index (κ1) is 27.5. The molecule has 2 aromatic carbocycles. The topological polar surface area (TPSA) is 108 Å². The minimum Gasteiger partial charge on any atom is -0.459 e. The van der Waals surface area contributed by atoms with Crippen molar-refractivity contribution in [2.75, 3.05) is 30.8 Å².